The Morgan fingerprint density at radius 3 is 1.97 bits per heavy atom. The molecule has 0 unspecified atom stereocenters. The molecule has 0 aliphatic heterocycles. The zero-order valence-corrected chi connectivity index (χ0v) is 16.2. The molecule has 2 nitrogen and oxygen atoms in total. The van der Waals surface area contributed by atoms with Crippen LogP contribution in [0.3, 0.4) is 0 Å². The molecular weight excluding hydrogens is 413 g/mol. The second kappa shape index (κ2) is 7.21. The molecule has 2 aromatic rings. The second-order valence-corrected chi connectivity index (χ2v) is 6.95. The minimum Gasteiger partial charge on any atom is -0.293 e. The Morgan fingerprint density at radius 2 is 1.40 bits per heavy atom. The van der Waals surface area contributed by atoms with E-state index in [2.05, 4.69) is 9.98 Å². The van der Waals surface area contributed by atoms with E-state index >= 15 is 0 Å². The molecule has 3 rings (SSSR count). The van der Waals surface area contributed by atoms with E-state index in [1.54, 1.807) is 19.2 Å². The number of halogens is 7. The molecule has 0 atom stereocenters. The molecule has 1 aliphatic carbocycles. The quantitative estimate of drug-likeness (QED) is 0.361. The highest BCUT2D eigenvalue weighted by atomic mass is 19.4. The van der Waals surface area contributed by atoms with E-state index in [9.17, 15) is 30.7 Å². The summed E-state index contributed by atoms with van der Waals surface area (Å²) in [5.41, 5.74) is 2.37. The minimum absolute atomic E-state index is 0.476. The topological polar surface area (TPSA) is 24.7 Å². The van der Waals surface area contributed by atoms with E-state index in [0.717, 1.165) is 35.5 Å². The second-order valence-electron chi connectivity index (χ2n) is 6.95. The van der Waals surface area contributed by atoms with Gasteiger partial charge in [0.25, 0.3) is 0 Å². The molecule has 0 heterocycles. The third-order valence-corrected chi connectivity index (χ3v) is 5.18. The molecule has 0 saturated heterocycles. The van der Waals surface area contributed by atoms with Crippen LogP contribution in [-0.2, 0) is 6.42 Å². The summed E-state index contributed by atoms with van der Waals surface area (Å²) < 4.78 is 93.4. The first-order valence-corrected chi connectivity index (χ1v) is 8.85. The van der Waals surface area contributed by atoms with Crippen molar-refractivity contribution in [3.63, 3.8) is 0 Å². The van der Waals surface area contributed by atoms with Gasteiger partial charge in [0.05, 0.1) is 0 Å². The highest BCUT2D eigenvalue weighted by molar-refractivity contribution is 6.07. The number of benzene rings is 2. The number of fused-ring (bicyclic) bond motifs is 3. The average molecular weight is 430 g/mol. The van der Waals surface area contributed by atoms with Crippen molar-refractivity contribution in [2.24, 2.45) is 9.98 Å². The largest absolute Gasteiger partial charge is 0.460 e. The molecule has 0 radical (unpaired) electrons. The molecule has 30 heavy (non-hydrogen) atoms. The Kier molecular flexibility index (Phi) is 5.28. The number of aliphatic imine (C=N–C) groups is 2. The van der Waals surface area contributed by atoms with Crippen LogP contribution in [0.1, 0.15) is 29.2 Å². The van der Waals surface area contributed by atoms with E-state index in [-0.39, 0.29) is 0 Å². The number of rotatable bonds is 4. The number of hydrogen-bond donors (Lipinski definition) is 0. The third kappa shape index (κ3) is 3.30. The van der Waals surface area contributed by atoms with E-state index in [4.69, 9.17) is 0 Å². The van der Waals surface area contributed by atoms with Crippen LogP contribution in [-0.4, -0.2) is 43.5 Å². The van der Waals surface area contributed by atoms with Gasteiger partial charge in [-0.05, 0) is 53.3 Å². The van der Waals surface area contributed by atoms with Crippen molar-refractivity contribution in [3.8, 4) is 11.1 Å². The van der Waals surface area contributed by atoms with Gasteiger partial charge in [0.2, 0.25) is 0 Å². The van der Waals surface area contributed by atoms with Gasteiger partial charge in [-0.3, -0.25) is 9.98 Å². The molecule has 0 bridgehead atoms. The van der Waals surface area contributed by atoms with Crippen LogP contribution in [0.2, 0.25) is 0 Å². The monoisotopic (exact) mass is 430 g/mol. The molecule has 1 aliphatic rings. The van der Waals surface area contributed by atoms with E-state index in [1.165, 1.54) is 12.1 Å². The van der Waals surface area contributed by atoms with Gasteiger partial charge in [-0.2, -0.15) is 30.7 Å². The Hall–Kier alpha value is -2.71. The molecule has 0 N–H and O–H groups in total. The van der Waals surface area contributed by atoms with Crippen molar-refractivity contribution >= 4 is 11.4 Å². The summed E-state index contributed by atoms with van der Waals surface area (Å²) >= 11 is 0. The SMILES string of the molecule is CN=C(C)c1ccc2c(c1)Cc1ccc(C(=NC)C(F)(F)C(F)(F)C(F)(F)F)cc1-2. The molecule has 9 heteroatoms. The van der Waals surface area contributed by atoms with Crippen LogP contribution in [0.5, 0.6) is 0 Å². The first-order chi connectivity index (χ1) is 13.8. The molecule has 0 aromatic heterocycles. The summed E-state index contributed by atoms with van der Waals surface area (Å²) in [6.45, 7) is 1.83. The van der Waals surface area contributed by atoms with Crippen LogP contribution in [0.15, 0.2) is 46.4 Å². The Bertz CT molecular complexity index is 1050. The van der Waals surface area contributed by atoms with Crippen molar-refractivity contribution in [1.29, 1.82) is 0 Å². The summed E-state index contributed by atoms with van der Waals surface area (Å²) in [6, 6.07) is 9.14. The normalized spacial score (nSPS) is 15.3. The van der Waals surface area contributed by atoms with Crippen LogP contribution in [0, 0.1) is 0 Å². The highest BCUT2D eigenvalue weighted by Gasteiger charge is 2.74. The molecule has 0 saturated carbocycles. The predicted molar refractivity (Wildman–Crippen MR) is 101 cm³/mol. The smallest absolute Gasteiger partial charge is 0.293 e. The lowest BCUT2D eigenvalue weighted by Crippen LogP contribution is -2.56. The summed E-state index contributed by atoms with van der Waals surface area (Å²) in [5.74, 6) is -11.8. The van der Waals surface area contributed by atoms with Gasteiger partial charge in [-0.1, -0.05) is 24.3 Å². The van der Waals surface area contributed by atoms with Crippen molar-refractivity contribution in [3.05, 3.63) is 58.7 Å². The van der Waals surface area contributed by atoms with Gasteiger partial charge < -0.3 is 0 Å². The highest BCUT2D eigenvalue weighted by Crippen LogP contribution is 2.48. The van der Waals surface area contributed by atoms with Gasteiger partial charge in [0, 0.05) is 25.4 Å². The first kappa shape index (κ1) is 22.0. The molecular formula is C21H17F7N2. The van der Waals surface area contributed by atoms with Crippen LogP contribution in [0.4, 0.5) is 30.7 Å². The molecule has 0 fully saturated rings. The number of nitrogens with zero attached hydrogens (tertiary/aromatic N) is 2. The lowest BCUT2D eigenvalue weighted by Gasteiger charge is -2.29. The van der Waals surface area contributed by atoms with Crippen LogP contribution in [0.25, 0.3) is 11.1 Å². The van der Waals surface area contributed by atoms with Gasteiger partial charge in [-0.25, -0.2) is 0 Å². The lowest BCUT2D eigenvalue weighted by molar-refractivity contribution is -0.336. The molecule has 0 spiro atoms. The third-order valence-electron chi connectivity index (χ3n) is 5.18. The van der Waals surface area contributed by atoms with Gasteiger partial charge in [0.1, 0.15) is 5.71 Å². The Morgan fingerprint density at radius 1 is 0.767 bits per heavy atom. The molecule has 160 valence electrons. The Labute approximate surface area is 168 Å². The van der Waals surface area contributed by atoms with E-state index < -0.39 is 29.3 Å². The van der Waals surface area contributed by atoms with Crippen molar-refractivity contribution in [2.75, 3.05) is 14.1 Å². The molecule has 0 amide bonds. The van der Waals surface area contributed by atoms with Gasteiger partial charge in [-0.15, -0.1) is 0 Å². The van der Waals surface area contributed by atoms with Gasteiger partial charge in [0.15, 0.2) is 0 Å². The number of hydrogen-bond acceptors (Lipinski definition) is 2. The number of alkyl halides is 7. The fourth-order valence-corrected chi connectivity index (χ4v) is 3.47. The fraction of sp³-hybridized carbons (Fsp3) is 0.333. The molecule has 2 aromatic carbocycles. The average Bonchev–Trinajstić information content (AvgIpc) is 3.03. The summed E-state index contributed by atoms with van der Waals surface area (Å²) in [5, 5.41) is 0. The lowest BCUT2D eigenvalue weighted by atomic mass is 9.94. The standard InChI is InChI=1S/C21H17F7N2/c1-11(29-2)12-6-7-16-15(8-12)9-13-4-5-14(10-17(13)16)18(30-3)19(22,23)20(24,25)21(26,27)28/h4-8,10H,9H2,1-3H3. The zero-order chi connectivity index (χ0) is 22.5. The summed E-state index contributed by atoms with van der Waals surface area (Å²) in [7, 11) is 2.40. The van der Waals surface area contributed by atoms with Crippen molar-refractivity contribution in [1.82, 2.24) is 0 Å². The summed E-state index contributed by atoms with van der Waals surface area (Å²) in [4.78, 5) is 7.22. The van der Waals surface area contributed by atoms with Crippen LogP contribution >= 0.6 is 0 Å². The Balaban J connectivity index is 2.08. The van der Waals surface area contributed by atoms with E-state index in [0.29, 0.717) is 17.5 Å². The fourth-order valence-electron chi connectivity index (χ4n) is 3.47. The van der Waals surface area contributed by atoms with Crippen LogP contribution < -0.4 is 0 Å². The minimum atomic E-state index is -6.43. The maximum absolute atomic E-state index is 14.3. The maximum Gasteiger partial charge on any atom is 0.460 e. The zero-order valence-electron chi connectivity index (χ0n) is 16.2. The predicted octanol–water partition coefficient (Wildman–Crippen LogP) is 5.95. The van der Waals surface area contributed by atoms with Crippen molar-refractivity contribution < 1.29 is 30.7 Å². The van der Waals surface area contributed by atoms with Crippen molar-refractivity contribution in [2.45, 2.75) is 31.4 Å². The maximum atomic E-state index is 14.3. The first-order valence-electron chi connectivity index (χ1n) is 8.85. The summed E-state index contributed by atoms with van der Waals surface area (Å²) in [6.07, 6.45) is -5.95. The van der Waals surface area contributed by atoms with E-state index in [1.807, 2.05) is 13.0 Å². The van der Waals surface area contributed by atoms with Gasteiger partial charge >= 0.3 is 18.0 Å².